The molecule has 1 fully saturated rings. The summed E-state index contributed by atoms with van der Waals surface area (Å²) in [5, 5.41) is 0.752. The molecule has 0 saturated carbocycles. The summed E-state index contributed by atoms with van der Waals surface area (Å²) in [6, 6.07) is 5.21. The first kappa shape index (κ1) is 17.3. The van der Waals surface area contributed by atoms with Crippen molar-refractivity contribution in [1.82, 2.24) is 15.8 Å². The van der Waals surface area contributed by atoms with E-state index in [1.807, 2.05) is 0 Å². The molecule has 1 aliphatic rings. The Morgan fingerprint density at radius 3 is 2.68 bits per heavy atom. The lowest BCUT2D eigenvalue weighted by Crippen LogP contribution is -2.41. The minimum Gasteiger partial charge on any atom is -0.378 e. The van der Waals surface area contributed by atoms with Crippen LogP contribution in [0.4, 0.5) is 9.52 Å². The standard InChI is InChI=1S/C16H17FN4O3S/c1-10-13(25-16(18-10)21-5-7-24-8-6-21)15(23)20-19-14(22)11-3-2-4-12(17)9-11/h2-4,9H,5-8H2,1H3,(H,19,22)(H,20,23). The lowest BCUT2D eigenvalue weighted by molar-refractivity contribution is 0.0848. The lowest BCUT2D eigenvalue weighted by atomic mass is 10.2. The molecule has 0 atom stereocenters. The van der Waals surface area contributed by atoms with Crippen molar-refractivity contribution in [3.05, 3.63) is 46.2 Å². The summed E-state index contributed by atoms with van der Waals surface area (Å²) in [4.78, 5) is 31.1. The van der Waals surface area contributed by atoms with Gasteiger partial charge in [0.1, 0.15) is 10.7 Å². The molecule has 1 aliphatic heterocycles. The van der Waals surface area contributed by atoms with E-state index in [4.69, 9.17) is 4.74 Å². The molecule has 2 heterocycles. The second kappa shape index (κ2) is 7.58. The Morgan fingerprint density at radius 1 is 1.24 bits per heavy atom. The number of anilines is 1. The minimum absolute atomic E-state index is 0.121. The van der Waals surface area contributed by atoms with Crippen LogP contribution in [0.15, 0.2) is 24.3 Å². The van der Waals surface area contributed by atoms with Gasteiger partial charge in [-0.1, -0.05) is 17.4 Å². The number of hydrazine groups is 1. The fourth-order valence-corrected chi connectivity index (χ4v) is 3.37. The summed E-state index contributed by atoms with van der Waals surface area (Å²) in [5.41, 5.74) is 5.33. The number of carbonyl (C=O) groups excluding carboxylic acids is 2. The van der Waals surface area contributed by atoms with Crippen molar-refractivity contribution in [2.75, 3.05) is 31.2 Å². The molecular formula is C16H17FN4O3S. The Morgan fingerprint density at radius 2 is 1.96 bits per heavy atom. The predicted octanol–water partition coefficient (Wildman–Crippen LogP) is 1.50. The molecule has 2 amide bonds. The van der Waals surface area contributed by atoms with Gasteiger partial charge in [0, 0.05) is 18.7 Å². The number of nitrogens with zero attached hydrogens (tertiary/aromatic N) is 2. The second-order valence-electron chi connectivity index (χ2n) is 5.43. The Labute approximate surface area is 147 Å². The molecule has 7 nitrogen and oxygen atoms in total. The summed E-state index contributed by atoms with van der Waals surface area (Å²) in [7, 11) is 0. The number of morpholine rings is 1. The molecule has 9 heteroatoms. The van der Waals surface area contributed by atoms with E-state index < -0.39 is 17.6 Å². The van der Waals surface area contributed by atoms with Gasteiger partial charge in [-0.15, -0.1) is 0 Å². The monoisotopic (exact) mass is 364 g/mol. The van der Waals surface area contributed by atoms with Crippen LogP contribution in [-0.4, -0.2) is 43.1 Å². The van der Waals surface area contributed by atoms with Crippen LogP contribution in [0, 0.1) is 12.7 Å². The maximum absolute atomic E-state index is 13.1. The van der Waals surface area contributed by atoms with Crippen LogP contribution in [0.3, 0.4) is 0 Å². The summed E-state index contributed by atoms with van der Waals surface area (Å²) >= 11 is 1.26. The zero-order valence-electron chi connectivity index (χ0n) is 13.5. The molecule has 0 radical (unpaired) electrons. The number of hydrogen-bond donors (Lipinski definition) is 2. The number of carbonyl (C=O) groups is 2. The first-order chi connectivity index (χ1) is 12.0. The SMILES string of the molecule is Cc1nc(N2CCOCC2)sc1C(=O)NNC(=O)c1cccc(F)c1. The van der Waals surface area contributed by atoms with Crippen LogP contribution in [0.1, 0.15) is 25.7 Å². The molecule has 132 valence electrons. The third-order valence-corrected chi connectivity index (χ3v) is 4.87. The van der Waals surface area contributed by atoms with E-state index in [1.54, 1.807) is 6.92 Å². The molecule has 1 aromatic carbocycles. The van der Waals surface area contributed by atoms with Crippen molar-refractivity contribution in [3.63, 3.8) is 0 Å². The van der Waals surface area contributed by atoms with Crippen molar-refractivity contribution in [2.24, 2.45) is 0 Å². The number of thiazole rings is 1. The van der Waals surface area contributed by atoms with Crippen LogP contribution < -0.4 is 15.8 Å². The maximum Gasteiger partial charge on any atom is 0.281 e. The highest BCUT2D eigenvalue weighted by atomic mass is 32.1. The third-order valence-electron chi connectivity index (χ3n) is 3.65. The fourth-order valence-electron chi connectivity index (χ4n) is 2.35. The van der Waals surface area contributed by atoms with Crippen molar-refractivity contribution in [2.45, 2.75) is 6.92 Å². The smallest absolute Gasteiger partial charge is 0.281 e. The van der Waals surface area contributed by atoms with Crippen LogP contribution in [-0.2, 0) is 4.74 Å². The molecule has 2 aromatic rings. The molecule has 0 aliphatic carbocycles. The Kier molecular flexibility index (Phi) is 5.25. The maximum atomic E-state index is 13.1. The van der Waals surface area contributed by atoms with Gasteiger partial charge < -0.3 is 9.64 Å². The van der Waals surface area contributed by atoms with Crippen LogP contribution in [0.25, 0.3) is 0 Å². The number of ether oxygens (including phenoxy) is 1. The van der Waals surface area contributed by atoms with Crippen LogP contribution in [0.5, 0.6) is 0 Å². The number of amides is 2. The van der Waals surface area contributed by atoms with E-state index in [-0.39, 0.29) is 5.56 Å². The van der Waals surface area contributed by atoms with Gasteiger partial charge in [0.05, 0.1) is 18.9 Å². The van der Waals surface area contributed by atoms with E-state index in [9.17, 15) is 14.0 Å². The zero-order valence-corrected chi connectivity index (χ0v) is 14.4. The van der Waals surface area contributed by atoms with Crippen LogP contribution >= 0.6 is 11.3 Å². The summed E-state index contributed by atoms with van der Waals surface area (Å²) < 4.78 is 18.4. The summed E-state index contributed by atoms with van der Waals surface area (Å²) in [5.74, 6) is -1.57. The van der Waals surface area contributed by atoms with Crippen LogP contribution in [0.2, 0.25) is 0 Å². The van der Waals surface area contributed by atoms with Gasteiger partial charge in [-0.05, 0) is 25.1 Å². The van der Waals surface area contributed by atoms with E-state index in [1.165, 1.54) is 29.5 Å². The average molecular weight is 364 g/mol. The first-order valence-corrected chi connectivity index (χ1v) is 8.52. The predicted molar refractivity (Wildman–Crippen MR) is 91.2 cm³/mol. The first-order valence-electron chi connectivity index (χ1n) is 7.71. The number of halogens is 1. The van der Waals surface area contributed by atoms with E-state index in [0.29, 0.717) is 23.8 Å². The zero-order chi connectivity index (χ0) is 17.8. The van der Waals surface area contributed by atoms with Crippen molar-refractivity contribution < 1.29 is 18.7 Å². The van der Waals surface area contributed by atoms with Crippen molar-refractivity contribution >= 4 is 28.3 Å². The molecule has 1 aromatic heterocycles. The van der Waals surface area contributed by atoms with Gasteiger partial charge in [0.15, 0.2) is 5.13 Å². The molecule has 1 saturated heterocycles. The van der Waals surface area contributed by atoms with E-state index >= 15 is 0 Å². The highest BCUT2D eigenvalue weighted by molar-refractivity contribution is 7.17. The van der Waals surface area contributed by atoms with Crippen molar-refractivity contribution in [3.8, 4) is 0 Å². The van der Waals surface area contributed by atoms with E-state index in [0.717, 1.165) is 24.3 Å². The molecule has 25 heavy (non-hydrogen) atoms. The average Bonchev–Trinajstić information content (AvgIpc) is 3.02. The minimum atomic E-state index is -0.594. The molecule has 0 spiro atoms. The normalized spacial score (nSPS) is 14.2. The molecular weight excluding hydrogens is 347 g/mol. The third kappa shape index (κ3) is 4.12. The number of nitrogens with one attached hydrogen (secondary N) is 2. The summed E-state index contributed by atoms with van der Waals surface area (Å²) in [6.45, 7) is 4.45. The molecule has 0 bridgehead atoms. The number of rotatable bonds is 3. The highest BCUT2D eigenvalue weighted by Crippen LogP contribution is 2.26. The quantitative estimate of drug-likeness (QED) is 0.807. The topological polar surface area (TPSA) is 83.6 Å². The molecule has 3 rings (SSSR count). The molecule has 2 N–H and O–H groups in total. The van der Waals surface area contributed by atoms with E-state index in [2.05, 4.69) is 20.7 Å². The number of hydrogen-bond acceptors (Lipinski definition) is 6. The number of aryl methyl sites for hydroxylation is 1. The number of aromatic nitrogens is 1. The van der Waals surface area contributed by atoms with Gasteiger partial charge in [-0.3, -0.25) is 20.4 Å². The second-order valence-corrected chi connectivity index (χ2v) is 6.41. The van der Waals surface area contributed by atoms with Gasteiger partial charge >= 0.3 is 0 Å². The lowest BCUT2D eigenvalue weighted by Gasteiger charge is -2.25. The number of benzene rings is 1. The van der Waals surface area contributed by atoms with Gasteiger partial charge in [0.25, 0.3) is 11.8 Å². The van der Waals surface area contributed by atoms with Crippen molar-refractivity contribution in [1.29, 1.82) is 0 Å². The van der Waals surface area contributed by atoms with Gasteiger partial charge in [-0.2, -0.15) is 0 Å². The van der Waals surface area contributed by atoms with Gasteiger partial charge in [-0.25, -0.2) is 9.37 Å². The molecule has 0 unspecified atom stereocenters. The Hall–Kier alpha value is -2.52. The summed E-state index contributed by atoms with van der Waals surface area (Å²) in [6.07, 6.45) is 0. The van der Waals surface area contributed by atoms with Gasteiger partial charge in [0.2, 0.25) is 0 Å². The Bertz CT molecular complexity index is 789. The fraction of sp³-hybridized carbons (Fsp3) is 0.312. The highest BCUT2D eigenvalue weighted by Gasteiger charge is 2.21. The Balaban J connectivity index is 1.63. The largest absolute Gasteiger partial charge is 0.378 e.